The number of carbonyl (C=O) groups excluding carboxylic acids is 1. The summed E-state index contributed by atoms with van der Waals surface area (Å²) in [7, 11) is 0. The van der Waals surface area contributed by atoms with Crippen LogP contribution in [0.1, 0.15) is 48.5 Å². The molecule has 1 saturated carbocycles. The van der Waals surface area contributed by atoms with Crippen LogP contribution in [0.5, 0.6) is 0 Å². The van der Waals surface area contributed by atoms with E-state index in [9.17, 15) is 9.18 Å². The maximum Gasteiger partial charge on any atom is 0.226 e. The van der Waals surface area contributed by atoms with E-state index in [0.717, 1.165) is 35.1 Å². The molecule has 176 valence electrons. The number of benzene rings is 1. The Bertz CT molecular complexity index is 1130. The van der Waals surface area contributed by atoms with Gasteiger partial charge in [0.2, 0.25) is 5.91 Å². The largest absolute Gasteiger partial charge is 0.355 e. The van der Waals surface area contributed by atoms with Gasteiger partial charge in [-0.3, -0.25) is 14.8 Å². The summed E-state index contributed by atoms with van der Waals surface area (Å²) in [6.45, 7) is 4.21. The second-order valence-corrected chi connectivity index (χ2v) is 9.45. The van der Waals surface area contributed by atoms with E-state index in [1.807, 2.05) is 18.2 Å². The van der Waals surface area contributed by atoms with E-state index in [4.69, 9.17) is 9.97 Å². The van der Waals surface area contributed by atoms with E-state index in [-0.39, 0.29) is 23.6 Å². The molecule has 3 heterocycles. The van der Waals surface area contributed by atoms with Crippen LogP contribution in [0.2, 0.25) is 0 Å². The Morgan fingerprint density at radius 3 is 2.65 bits per heavy atom. The molecule has 1 atom stereocenters. The van der Waals surface area contributed by atoms with Crippen LogP contribution in [-0.2, 0) is 17.6 Å². The number of rotatable bonds is 9. The maximum atomic E-state index is 13.3. The zero-order chi connectivity index (χ0) is 23.5. The minimum atomic E-state index is -0.242. The smallest absolute Gasteiger partial charge is 0.226 e. The molecular weight excluding hydrogens is 431 g/mol. The van der Waals surface area contributed by atoms with Gasteiger partial charge in [-0.05, 0) is 42.4 Å². The first-order valence-corrected chi connectivity index (χ1v) is 11.9. The molecule has 1 aliphatic carbocycles. The molecule has 2 aromatic heterocycles. The highest BCUT2D eigenvalue weighted by Gasteiger charge is 2.34. The van der Waals surface area contributed by atoms with Crippen LogP contribution in [0.15, 0.2) is 48.9 Å². The minimum Gasteiger partial charge on any atom is -0.355 e. The van der Waals surface area contributed by atoms with Crippen LogP contribution >= 0.6 is 0 Å². The van der Waals surface area contributed by atoms with Gasteiger partial charge in [-0.15, -0.1) is 0 Å². The zero-order valence-corrected chi connectivity index (χ0v) is 19.3. The van der Waals surface area contributed by atoms with Crippen molar-refractivity contribution in [3.63, 3.8) is 0 Å². The van der Waals surface area contributed by atoms with E-state index in [2.05, 4.69) is 27.1 Å². The fraction of sp³-hybridized carbons (Fsp3) is 0.423. The molecule has 5 rings (SSSR count). The van der Waals surface area contributed by atoms with Crippen LogP contribution in [-0.4, -0.2) is 45.5 Å². The summed E-state index contributed by atoms with van der Waals surface area (Å²) in [5, 5.41) is 3.08. The molecule has 0 radical (unpaired) electrons. The molecule has 7 nitrogen and oxygen atoms in total. The van der Waals surface area contributed by atoms with Gasteiger partial charge in [-0.2, -0.15) is 0 Å². The average Bonchev–Trinajstić information content (AvgIpc) is 3.62. The average molecular weight is 461 g/mol. The van der Waals surface area contributed by atoms with Crippen molar-refractivity contribution in [2.24, 2.45) is 11.8 Å². The van der Waals surface area contributed by atoms with Gasteiger partial charge in [0.15, 0.2) is 0 Å². The number of carbonyl (C=O) groups is 1. The Morgan fingerprint density at radius 2 is 1.94 bits per heavy atom. The Hall–Kier alpha value is -3.42. The molecule has 2 fully saturated rings. The molecule has 1 aromatic carbocycles. The summed E-state index contributed by atoms with van der Waals surface area (Å²) < 4.78 is 13.3. The van der Waals surface area contributed by atoms with Gasteiger partial charge in [0, 0.05) is 57.1 Å². The van der Waals surface area contributed by atoms with Crippen LogP contribution in [0.25, 0.3) is 0 Å². The summed E-state index contributed by atoms with van der Waals surface area (Å²) in [6.07, 6.45) is 8.71. The van der Waals surface area contributed by atoms with Gasteiger partial charge >= 0.3 is 0 Å². The van der Waals surface area contributed by atoms with E-state index in [1.165, 1.54) is 25.0 Å². The first-order chi connectivity index (χ1) is 16.5. The number of nitrogens with one attached hydrogen (secondary N) is 1. The van der Waals surface area contributed by atoms with Crippen molar-refractivity contribution in [3.05, 3.63) is 77.5 Å². The number of aromatic nitrogens is 4. The zero-order valence-electron chi connectivity index (χ0n) is 19.3. The highest BCUT2D eigenvalue weighted by Crippen LogP contribution is 2.29. The molecule has 0 bridgehead atoms. The second-order valence-electron chi connectivity index (χ2n) is 9.45. The monoisotopic (exact) mass is 460 g/mol. The molecule has 1 amide bonds. The molecule has 0 unspecified atom stereocenters. The van der Waals surface area contributed by atoms with Gasteiger partial charge in [-0.1, -0.05) is 19.1 Å². The topological polar surface area (TPSA) is 83.9 Å². The highest BCUT2D eigenvalue weighted by molar-refractivity contribution is 5.81. The van der Waals surface area contributed by atoms with E-state index in [0.29, 0.717) is 31.8 Å². The van der Waals surface area contributed by atoms with E-state index < -0.39 is 0 Å². The summed E-state index contributed by atoms with van der Waals surface area (Å²) in [5.74, 6) is 2.28. The van der Waals surface area contributed by atoms with Crippen LogP contribution in [0.3, 0.4) is 0 Å². The van der Waals surface area contributed by atoms with Gasteiger partial charge in [-0.25, -0.2) is 14.4 Å². The van der Waals surface area contributed by atoms with Crippen LogP contribution in [0, 0.1) is 17.7 Å². The van der Waals surface area contributed by atoms with Crippen molar-refractivity contribution in [1.29, 1.82) is 0 Å². The SMILES string of the molecule is C[C@H](Cc1nc(Cc2cnccn2)cc(N2CC(C(=O)NCC3CC3)C2)n1)c1ccc(F)cc1. The minimum absolute atomic E-state index is 0.00116. The van der Waals surface area contributed by atoms with Crippen LogP contribution < -0.4 is 10.2 Å². The molecule has 3 aromatic rings. The third-order valence-electron chi connectivity index (χ3n) is 6.56. The molecule has 2 aliphatic rings. The standard InChI is InChI=1S/C26H29FN6O/c1-17(19-4-6-21(27)7-5-19)10-24-31-22(11-23-14-28-8-9-29-23)12-25(32-24)33-15-20(16-33)26(34)30-13-18-2-3-18/h4-9,12,14,17-18,20H,2-3,10-11,13,15-16H2,1H3,(H,30,34)/t17-/m1/s1. The summed E-state index contributed by atoms with van der Waals surface area (Å²) >= 11 is 0. The number of hydrogen-bond acceptors (Lipinski definition) is 6. The quantitative estimate of drug-likeness (QED) is 0.528. The third-order valence-corrected chi connectivity index (χ3v) is 6.56. The number of amides is 1. The van der Waals surface area contributed by atoms with Crippen molar-refractivity contribution in [1.82, 2.24) is 25.3 Å². The van der Waals surface area contributed by atoms with Crippen molar-refractivity contribution >= 4 is 11.7 Å². The molecule has 0 spiro atoms. The van der Waals surface area contributed by atoms with Crippen molar-refractivity contribution in [2.75, 3.05) is 24.5 Å². The number of anilines is 1. The number of hydrogen-bond donors (Lipinski definition) is 1. The molecule has 8 heteroatoms. The Kier molecular flexibility index (Phi) is 6.47. The van der Waals surface area contributed by atoms with E-state index >= 15 is 0 Å². The predicted molar refractivity (Wildman–Crippen MR) is 127 cm³/mol. The van der Waals surface area contributed by atoms with Gasteiger partial charge in [0.25, 0.3) is 0 Å². The van der Waals surface area contributed by atoms with Gasteiger partial charge in [0.1, 0.15) is 17.5 Å². The molecular formula is C26H29FN6O. The van der Waals surface area contributed by atoms with Gasteiger partial charge in [0.05, 0.1) is 17.3 Å². The fourth-order valence-corrected chi connectivity index (χ4v) is 4.21. The third kappa shape index (κ3) is 5.55. The van der Waals surface area contributed by atoms with Crippen molar-refractivity contribution in [2.45, 2.75) is 38.5 Å². The number of nitrogens with zero attached hydrogens (tertiary/aromatic N) is 5. The lowest BCUT2D eigenvalue weighted by atomic mass is 9.97. The lowest BCUT2D eigenvalue weighted by Crippen LogP contribution is -2.54. The Labute approximate surface area is 198 Å². The number of halogens is 1. The summed E-state index contributed by atoms with van der Waals surface area (Å²) in [5.41, 5.74) is 2.75. The van der Waals surface area contributed by atoms with Crippen molar-refractivity contribution < 1.29 is 9.18 Å². The lowest BCUT2D eigenvalue weighted by Gasteiger charge is -2.39. The molecule has 1 N–H and O–H groups in total. The molecule has 34 heavy (non-hydrogen) atoms. The highest BCUT2D eigenvalue weighted by atomic mass is 19.1. The molecule has 1 saturated heterocycles. The lowest BCUT2D eigenvalue weighted by molar-refractivity contribution is -0.125. The summed E-state index contributed by atoms with van der Waals surface area (Å²) in [6, 6.07) is 8.57. The molecule has 1 aliphatic heterocycles. The Morgan fingerprint density at radius 1 is 1.15 bits per heavy atom. The second kappa shape index (κ2) is 9.83. The fourth-order valence-electron chi connectivity index (χ4n) is 4.21. The van der Waals surface area contributed by atoms with E-state index in [1.54, 1.807) is 18.6 Å². The Balaban J connectivity index is 1.31. The van der Waals surface area contributed by atoms with Gasteiger partial charge < -0.3 is 10.2 Å². The first kappa shape index (κ1) is 22.4. The first-order valence-electron chi connectivity index (χ1n) is 11.9. The maximum absolute atomic E-state index is 13.3. The predicted octanol–water partition coefficient (Wildman–Crippen LogP) is 3.31. The summed E-state index contributed by atoms with van der Waals surface area (Å²) in [4.78, 5) is 32.7. The van der Waals surface area contributed by atoms with Crippen LogP contribution in [0.4, 0.5) is 10.2 Å². The van der Waals surface area contributed by atoms with Crippen molar-refractivity contribution in [3.8, 4) is 0 Å². The normalized spacial score (nSPS) is 16.7.